The van der Waals surface area contributed by atoms with Gasteiger partial charge in [-0.1, -0.05) is 54.6 Å². The standard InChI is InChI=1S/C24H25NO4/c1-16(26)24(25)21-10-5-9-19(13-21)18-8-4-6-17(12-18)15-29-22-11-3-2-7-20(22)14-23(27)28/h2-13,16,24,26H,14-15,25H2,1H3,(H,27,28)/t16-,24-/m1/s1. The number of aliphatic carboxylic acids is 1. The number of aliphatic hydroxyl groups is 1. The smallest absolute Gasteiger partial charge is 0.307 e. The minimum Gasteiger partial charge on any atom is -0.489 e. The molecule has 150 valence electrons. The van der Waals surface area contributed by atoms with Gasteiger partial charge in [0.05, 0.1) is 18.6 Å². The molecule has 5 nitrogen and oxygen atoms in total. The molecule has 4 N–H and O–H groups in total. The number of carbonyl (C=O) groups is 1. The molecule has 3 aromatic rings. The predicted octanol–water partition coefficient (Wildman–Crippen LogP) is 3.94. The quantitative estimate of drug-likeness (QED) is 0.541. The van der Waals surface area contributed by atoms with Crippen LogP contribution in [0.25, 0.3) is 11.1 Å². The van der Waals surface area contributed by atoms with E-state index < -0.39 is 18.1 Å². The van der Waals surface area contributed by atoms with Crippen molar-refractivity contribution in [3.8, 4) is 16.9 Å². The van der Waals surface area contributed by atoms with Gasteiger partial charge in [0.1, 0.15) is 12.4 Å². The Morgan fingerprint density at radius 2 is 1.69 bits per heavy atom. The van der Waals surface area contributed by atoms with Gasteiger partial charge in [-0.3, -0.25) is 4.79 Å². The lowest BCUT2D eigenvalue weighted by Gasteiger charge is -2.16. The van der Waals surface area contributed by atoms with Crippen LogP contribution in [0.1, 0.15) is 29.7 Å². The van der Waals surface area contributed by atoms with Gasteiger partial charge in [-0.15, -0.1) is 0 Å². The van der Waals surface area contributed by atoms with Gasteiger partial charge in [-0.25, -0.2) is 0 Å². The third kappa shape index (κ3) is 5.44. The van der Waals surface area contributed by atoms with Crippen LogP contribution in [-0.4, -0.2) is 22.3 Å². The van der Waals surface area contributed by atoms with E-state index in [9.17, 15) is 9.90 Å². The lowest BCUT2D eigenvalue weighted by Crippen LogP contribution is -2.23. The molecule has 5 heteroatoms. The molecule has 29 heavy (non-hydrogen) atoms. The molecule has 0 amide bonds. The summed E-state index contributed by atoms with van der Waals surface area (Å²) in [6.45, 7) is 2.01. The van der Waals surface area contributed by atoms with Crippen LogP contribution in [0, 0.1) is 0 Å². The van der Waals surface area contributed by atoms with Crippen LogP contribution in [0.5, 0.6) is 5.75 Å². The number of hydrogen-bond donors (Lipinski definition) is 3. The first kappa shape index (κ1) is 20.6. The molecular formula is C24H25NO4. The van der Waals surface area contributed by atoms with Gasteiger partial charge in [0.15, 0.2) is 0 Å². The molecular weight excluding hydrogens is 366 g/mol. The van der Waals surface area contributed by atoms with Gasteiger partial charge in [-0.05, 0) is 47.4 Å². The largest absolute Gasteiger partial charge is 0.489 e. The fraction of sp³-hybridized carbons (Fsp3) is 0.208. The van der Waals surface area contributed by atoms with Crippen LogP contribution < -0.4 is 10.5 Å². The van der Waals surface area contributed by atoms with Crippen LogP contribution in [0.3, 0.4) is 0 Å². The number of ether oxygens (including phenoxy) is 1. The van der Waals surface area contributed by atoms with Crippen molar-refractivity contribution >= 4 is 5.97 Å². The second-order valence-corrected chi connectivity index (χ2v) is 7.06. The average Bonchev–Trinajstić information content (AvgIpc) is 2.72. The summed E-state index contributed by atoms with van der Waals surface area (Å²) in [6, 6.07) is 22.5. The first-order chi connectivity index (χ1) is 13.9. The van der Waals surface area contributed by atoms with Crippen molar-refractivity contribution in [2.75, 3.05) is 0 Å². The summed E-state index contributed by atoms with van der Waals surface area (Å²) >= 11 is 0. The molecule has 2 atom stereocenters. The van der Waals surface area contributed by atoms with Crippen LogP contribution >= 0.6 is 0 Å². The highest BCUT2D eigenvalue weighted by molar-refractivity contribution is 5.71. The topological polar surface area (TPSA) is 92.8 Å². The molecule has 0 aliphatic heterocycles. The van der Waals surface area contributed by atoms with Crippen LogP contribution in [0.4, 0.5) is 0 Å². The summed E-state index contributed by atoms with van der Waals surface area (Å²) in [5, 5.41) is 18.8. The maximum Gasteiger partial charge on any atom is 0.307 e. The van der Waals surface area contributed by atoms with Gasteiger partial charge in [0, 0.05) is 5.56 Å². The van der Waals surface area contributed by atoms with Gasteiger partial charge in [-0.2, -0.15) is 0 Å². The Morgan fingerprint density at radius 3 is 2.41 bits per heavy atom. The molecule has 0 unspecified atom stereocenters. The van der Waals surface area contributed by atoms with Gasteiger partial charge in [0.2, 0.25) is 0 Å². The Kier molecular flexibility index (Phi) is 6.65. The zero-order chi connectivity index (χ0) is 20.8. The van der Waals surface area contributed by atoms with E-state index in [2.05, 4.69) is 0 Å². The third-order valence-electron chi connectivity index (χ3n) is 4.76. The van der Waals surface area contributed by atoms with Crippen molar-refractivity contribution in [2.45, 2.75) is 32.1 Å². The highest BCUT2D eigenvalue weighted by Gasteiger charge is 2.13. The molecule has 0 radical (unpaired) electrons. The van der Waals surface area contributed by atoms with E-state index in [1.54, 1.807) is 25.1 Å². The van der Waals surface area contributed by atoms with E-state index >= 15 is 0 Å². The van der Waals surface area contributed by atoms with Crippen LogP contribution in [0.15, 0.2) is 72.8 Å². The molecule has 0 aromatic heterocycles. The number of aliphatic hydroxyl groups excluding tert-OH is 1. The summed E-state index contributed by atoms with van der Waals surface area (Å²) < 4.78 is 5.89. The number of carboxylic acids is 1. The third-order valence-corrected chi connectivity index (χ3v) is 4.76. The van der Waals surface area contributed by atoms with E-state index in [0.29, 0.717) is 17.9 Å². The van der Waals surface area contributed by atoms with Crippen molar-refractivity contribution in [1.29, 1.82) is 0 Å². The Bertz CT molecular complexity index is 984. The summed E-state index contributed by atoms with van der Waals surface area (Å²) in [4.78, 5) is 11.0. The number of para-hydroxylation sites is 1. The minimum absolute atomic E-state index is 0.0768. The highest BCUT2D eigenvalue weighted by atomic mass is 16.5. The van der Waals surface area contributed by atoms with Gasteiger partial charge in [0.25, 0.3) is 0 Å². The normalized spacial score (nSPS) is 12.9. The fourth-order valence-corrected chi connectivity index (χ4v) is 3.16. The SMILES string of the molecule is C[C@@H](O)[C@@H](N)c1cccc(-c2cccc(COc3ccccc3CC(=O)O)c2)c1. The van der Waals surface area contributed by atoms with Gasteiger partial charge < -0.3 is 20.7 Å². The Hall–Kier alpha value is -3.15. The number of benzene rings is 3. The second-order valence-electron chi connectivity index (χ2n) is 7.06. The first-order valence-electron chi connectivity index (χ1n) is 9.49. The van der Waals surface area contributed by atoms with Crippen molar-refractivity contribution < 1.29 is 19.7 Å². The van der Waals surface area contributed by atoms with E-state index in [1.165, 1.54) is 0 Å². The number of rotatable bonds is 8. The Labute approximate surface area is 170 Å². The molecule has 3 rings (SSSR count). The molecule has 0 heterocycles. The van der Waals surface area contributed by atoms with Crippen molar-refractivity contribution in [3.05, 3.63) is 89.5 Å². The molecule has 3 aromatic carbocycles. The van der Waals surface area contributed by atoms with Crippen molar-refractivity contribution in [1.82, 2.24) is 0 Å². The highest BCUT2D eigenvalue weighted by Crippen LogP contribution is 2.26. The van der Waals surface area contributed by atoms with E-state index in [1.807, 2.05) is 54.6 Å². The molecule has 0 fully saturated rings. The van der Waals surface area contributed by atoms with E-state index in [0.717, 1.165) is 22.3 Å². The lowest BCUT2D eigenvalue weighted by atomic mass is 9.97. The average molecular weight is 391 g/mol. The summed E-state index contributed by atoms with van der Waals surface area (Å²) in [5.41, 5.74) is 10.6. The molecule has 0 spiro atoms. The number of hydrogen-bond acceptors (Lipinski definition) is 4. The number of nitrogens with two attached hydrogens (primary N) is 1. The maximum atomic E-state index is 11.0. The zero-order valence-electron chi connectivity index (χ0n) is 16.3. The summed E-state index contributed by atoms with van der Waals surface area (Å²) in [5.74, 6) is -0.316. The molecule has 0 saturated carbocycles. The molecule has 0 aliphatic carbocycles. The Balaban J connectivity index is 1.78. The predicted molar refractivity (Wildman–Crippen MR) is 113 cm³/mol. The van der Waals surface area contributed by atoms with E-state index in [4.69, 9.17) is 15.6 Å². The first-order valence-corrected chi connectivity index (χ1v) is 9.49. The van der Waals surface area contributed by atoms with Crippen molar-refractivity contribution in [3.63, 3.8) is 0 Å². The maximum absolute atomic E-state index is 11.0. The summed E-state index contributed by atoms with van der Waals surface area (Å²) in [6.07, 6.45) is -0.706. The van der Waals surface area contributed by atoms with Gasteiger partial charge >= 0.3 is 5.97 Å². The molecule has 0 saturated heterocycles. The van der Waals surface area contributed by atoms with Crippen LogP contribution in [-0.2, 0) is 17.8 Å². The van der Waals surface area contributed by atoms with Crippen LogP contribution in [0.2, 0.25) is 0 Å². The van der Waals surface area contributed by atoms with E-state index in [-0.39, 0.29) is 6.42 Å². The second kappa shape index (κ2) is 9.37. The summed E-state index contributed by atoms with van der Waals surface area (Å²) in [7, 11) is 0. The molecule has 0 aliphatic rings. The Morgan fingerprint density at radius 1 is 1.00 bits per heavy atom. The van der Waals surface area contributed by atoms with Crippen molar-refractivity contribution in [2.24, 2.45) is 5.73 Å². The lowest BCUT2D eigenvalue weighted by molar-refractivity contribution is -0.136. The minimum atomic E-state index is -0.890. The fourth-order valence-electron chi connectivity index (χ4n) is 3.16. The zero-order valence-corrected chi connectivity index (χ0v) is 16.3. The monoisotopic (exact) mass is 391 g/mol. The molecule has 0 bridgehead atoms. The number of carboxylic acid groups (broad SMARTS) is 1.